The van der Waals surface area contributed by atoms with Gasteiger partial charge in [-0.2, -0.15) is 13.2 Å². The maximum atomic E-state index is 13.7. The van der Waals surface area contributed by atoms with E-state index in [0.29, 0.717) is 24.0 Å². The Morgan fingerprint density at radius 1 is 1.14 bits per heavy atom. The smallest absolute Gasteiger partial charge is 0.417 e. The Kier molecular flexibility index (Phi) is 5.89. The molecule has 2 aromatic carbocycles. The van der Waals surface area contributed by atoms with Crippen LogP contribution in [0.3, 0.4) is 0 Å². The van der Waals surface area contributed by atoms with E-state index in [9.17, 15) is 13.2 Å². The number of hydrogen-bond donors (Lipinski definition) is 1. The summed E-state index contributed by atoms with van der Waals surface area (Å²) in [7, 11) is 0. The van der Waals surface area contributed by atoms with Crippen LogP contribution in [0.4, 0.5) is 13.2 Å². The third kappa shape index (κ3) is 4.38. The predicted octanol–water partition coefficient (Wildman–Crippen LogP) is 6.76. The monoisotopic (exact) mass is 493 g/mol. The molecule has 0 saturated heterocycles. The van der Waals surface area contributed by atoms with E-state index in [1.807, 2.05) is 50.4 Å². The van der Waals surface area contributed by atoms with Crippen molar-refractivity contribution in [3.8, 4) is 5.88 Å². The van der Waals surface area contributed by atoms with E-state index < -0.39 is 11.7 Å². The fourth-order valence-corrected chi connectivity index (χ4v) is 5.54. The lowest BCUT2D eigenvalue weighted by atomic mass is 9.86. The summed E-state index contributed by atoms with van der Waals surface area (Å²) in [5, 5.41) is 6.89. The highest BCUT2D eigenvalue weighted by atomic mass is 19.4. The van der Waals surface area contributed by atoms with E-state index in [1.165, 1.54) is 23.6 Å². The van der Waals surface area contributed by atoms with Crippen LogP contribution in [0.1, 0.15) is 65.1 Å². The molecule has 0 radical (unpaired) electrons. The summed E-state index contributed by atoms with van der Waals surface area (Å²) < 4.78 is 47.2. The van der Waals surface area contributed by atoms with Crippen molar-refractivity contribution >= 4 is 12.0 Å². The molecule has 0 aliphatic heterocycles. The lowest BCUT2D eigenvalue weighted by Crippen LogP contribution is -2.10. The highest BCUT2D eigenvalue weighted by Crippen LogP contribution is 2.56. The maximum absolute atomic E-state index is 13.7. The summed E-state index contributed by atoms with van der Waals surface area (Å²) in [6.45, 7) is 4.13. The zero-order valence-electron chi connectivity index (χ0n) is 20.0. The van der Waals surface area contributed by atoms with Crippen molar-refractivity contribution in [1.29, 1.82) is 0 Å². The van der Waals surface area contributed by atoms with Gasteiger partial charge in [0.2, 0.25) is 5.88 Å². The maximum Gasteiger partial charge on any atom is 0.417 e. The number of allylic oxidation sites excluding steroid dienone is 1. The van der Waals surface area contributed by atoms with Crippen LogP contribution in [0, 0.1) is 5.92 Å². The number of benzene rings is 2. The number of hydrogen-bond acceptors (Lipinski definition) is 3. The normalized spacial score (nSPS) is 20.3. The summed E-state index contributed by atoms with van der Waals surface area (Å²) in [4.78, 5) is 12.8. The highest BCUT2D eigenvalue weighted by molar-refractivity contribution is 5.88. The molecule has 1 N–H and O–H groups in total. The molecule has 1 saturated carbocycles. The minimum atomic E-state index is -4.41. The number of carboxylic acid groups (broad SMARTS) is 1. The molecule has 186 valence electrons. The number of halogens is 3. The summed E-state index contributed by atoms with van der Waals surface area (Å²) in [5.74, 6) is 2.10. The van der Waals surface area contributed by atoms with Crippen LogP contribution in [-0.4, -0.2) is 16.6 Å². The topological polar surface area (TPSA) is 59.4 Å². The van der Waals surface area contributed by atoms with Crippen LogP contribution in [0.2, 0.25) is 0 Å². The largest absolute Gasteiger partial charge is 0.483 e. The molecule has 36 heavy (non-hydrogen) atoms. The van der Waals surface area contributed by atoms with Gasteiger partial charge < -0.3 is 9.84 Å². The van der Waals surface area contributed by atoms with Gasteiger partial charge >= 0.3 is 6.18 Å². The number of nitrogens with zero attached hydrogens (tertiary/aromatic N) is 1. The Labute approximate surface area is 207 Å². The molecular weight excluding hydrogens is 467 g/mol. The Hall–Kier alpha value is -3.61. The van der Waals surface area contributed by atoms with E-state index in [2.05, 4.69) is 4.98 Å². The quantitative estimate of drug-likeness (QED) is 0.408. The van der Waals surface area contributed by atoms with E-state index in [-0.39, 0.29) is 17.5 Å². The van der Waals surface area contributed by atoms with Gasteiger partial charge in [-0.05, 0) is 75.8 Å². The van der Waals surface area contributed by atoms with Gasteiger partial charge in [-0.3, -0.25) is 4.79 Å². The molecule has 0 bridgehead atoms. The minimum Gasteiger partial charge on any atom is -0.483 e. The summed E-state index contributed by atoms with van der Waals surface area (Å²) in [6.07, 6.45) is 1.88. The van der Waals surface area contributed by atoms with E-state index in [4.69, 9.17) is 14.6 Å². The van der Waals surface area contributed by atoms with Gasteiger partial charge in [0.05, 0.1) is 5.56 Å². The van der Waals surface area contributed by atoms with Crippen molar-refractivity contribution in [1.82, 2.24) is 4.98 Å². The number of ether oxygens (including phenoxy) is 1. The second kappa shape index (κ2) is 8.80. The Balaban J connectivity index is 0.000000848. The first-order chi connectivity index (χ1) is 17.1. The fourth-order valence-electron chi connectivity index (χ4n) is 5.54. The van der Waals surface area contributed by atoms with Gasteiger partial charge in [0, 0.05) is 17.7 Å². The van der Waals surface area contributed by atoms with Crippen molar-refractivity contribution < 1.29 is 27.8 Å². The van der Waals surface area contributed by atoms with Crippen molar-refractivity contribution in [3.63, 3.8) is 0 Å². The van der Waals surface area contributed by atoms with E-state index in [1.54, 1.807) is 12.1 Å². The predicted molar refractivity (Wildman–Crippen MR) is 130 cm³/mol. The number of carbonyl (C=O) groups is 1. The highest BCUT2D eigenvalue weighted by Gasteiger charge is 2.45. The number of pyridine rings is 1. The van der Waals surface area contributed by atoms with Crippen LogP contribution >= 0.6 is 0 Å². The van der Waals surface area contributed by atoms with Crippen molar-refractivity contribution in [2.75, 3.05) is 0 Å². The summed E-state index contributed by atoms with van der Waals surface area (Å²) >= 11 is 0. The Morgan fingerprint density at radius 2 is 1.89 bits per heavy atom. The van der Waals surface area contributed by atoms with Crippen molar-refractivity contribution in [3.05, 3.63) is 99.7 Å². The van der Waals surface area contributed by atoms with Gasteiger partial charge in [-0.15, -0.1) is 0 Å². The molecule has 1 aromatic heterocycles. The number of rotatable bonds is 4. The second-order valence-corrected chi connectivity index (χ2v) is 10.1. The van der Waals surface area contributed by atoms with Crippen molar-refractivity contribution in [2.24, 2.45) is 5.92 Å². The molecule has 7 heteroatoms. The molecule has 1 unspecified atom stereocenters. The van der Waals surface area contributed by atoms with Gasteiger partial charge in [-0.1, -0.05) is 50.3 Å². The second-order valence-electron chi connectivity index (χ2n) is 10.1. The SMILES string of the molecule is CC1(C)C=C(c2ccccc2C(F)(F)F)c2cc(COc3cc4c(cn3)C3C[C@@H]3C4)ccc21.O=CO. The number of fused-ring (bicyclic) bond motifs is 4. The lowest BCUT2D eigenvalue weighted by Gasteiger charge is -2.18. The standard InChI is InChI=1S/C28H24F3NO.CH2O2/c1-27(2)13-22(19-5-3-4-6-25(19)28(29,30)31)21-9-16(7-8-24(21)27)15-33-26-12-18-10-17-11-20(17)23(18)14-32-26;2-1-3/h3-9,12-14,17,20H,10-11,15H2,1-2H3;1H,(H,2,3)/t17-,20?;/m0./s1. The first-order valence-electron chi connectivity index (χ1n) is 11.8. The Morgan fingerprint density at radius 3 is 2.64 bits per heavy atom. The van der Waals surface area contributed by atoms with Gasteiger partial charge in [-0.25, -0.2) is 4.98 Å². The summed E-state index contributed by atoms with van der Waals surface area (Å²) in [5.41, 5.74) is 5.34. The minimum absolute atomic E-state index is 0.216. The van der Waals surface area contributed by atoms with Crippen LogP contribution in [-0.2, 0) is 29.4 Å². The Bertz CT molecular complexity index is 1360. The molecular formula is C29H26F3NO3. The summed E-state index contributed by atoms with van der Waals surface area (Å²) in [6, 6.07) is 13.8. The molecule has 4 nitrogen and oxygen atoms in total. The lowest BCUT2D eigenvalue weighted by molar-refractivity contribution is -0.137. The van der Waals surface area contributed by atoms with Crippen LogP contribution in [0.25, 0.3) is 5.57 Å². The average molecular weight is 494 g/mol. The number of alkyl halides is 3. The molecule has 0 spiro atoms. The zero-order chi connectivity index (χ0) is 25.7. The zero-order valence-corrected chi connectivity index (χ0v) is 20.0. The molecule has 0 amide bonds. The average Bonchev–Trinajstić information content (AvgIpc) is 3.43. The van der Waals surface area contributed by atoms with Crippen LogP contribution in [0.15, 0.2) is 60.8 Å². The van der Waals surface area contributed by atoms with Crippen LogP contribution < -0.4 is 4.74 Å². The molecule has 3 aliphatic carbocycles. The first-order valence-corrected chi connectivity index (χ1v) is 11.8. The molecule has 2 atom stereocenters. The molecule has 3 aromatic rings. The van der Waals surface area contributed by atoms with Gasteiger partial charge in [0.15, 0.2) is 0 Å². The van der Waals surface area contributed by atoms with Gasteiger partial charge in [0.25, 0.3) is 6.47 Å². The third-order valence-electron chi connectivity index (χ3n) is 7.29. The molecule has 3 aliphatic rings. The fraction of sp³-hybridized carbons (Fsp3) is 0.310. The van der Waals surface area contributed by atoms with Crippen molar-refractivity contribution in [2.45, 2.75) is 50.8 Å². The third-order valence-corrected chi connectivity index (χ3v) is 7.29. The first kappa shape index (κ1) is 24.1. The number of aromatic nitrogens is 1. The molecule has 6 rings (SSSR count). The van der Waals surface area contributed by atoms with E-state index in [0.717, 1.165) is 35.1 Å². The van der Waals surface area contributed by atoms with Crippen LogP contribution in [0.5, 0.6) is 5.88 Å². The van der Waals surface area contributed by atoms with E-state index >= 15 is 0 Å². The molecule has 1 fully saturated rings. The van der Waals surface area contributed by atoms with Gasteiger partial charge in [0.1, 0.15) is 6.61 Å². The molecule has 1 heterocycles.